The Kier molecular flexibility index (Phi) is 5.83. The molecule has 0 saturated heterocycles. The molecule has 0 amide bonds. The Balaban J connectivity index is 3.49. The molecule has 0 spiro atoms. The first-order valence-electron chi connectivity index (χ1n) is 3.41. The summed E-state index contributed by atoms with van der Waals surface area (Å²) < 4.78 is 11.6. The maximum absolute atomic E-state index is 11.6. The highest BCUT2D eigenvalue weighted by atomic mass is 19.1. The summed E-state index contributed by atoms with van der Waals surface area (Å²) in [5.41, 5.74) is 6.27. The van der Waals surface area contributed by atoms with E-state index in [0.29, 0.717) is 6.42 Å². The molecule has 10 heavy (non-hydrogen) atoms. The van der Waals surface area contributed by atoms with Crippen molar-refractivity contribution in [1.82, 2.24) is 0 Å². The Morgan fingerprint density at radius 3 is 2.80 bits per heavy atom. The molecule has 0 radical (unpaired) electrons. The molecule has 0 aromatic carbocycles. The molecule has 2 N–H and O–H groups in total. The normalized spacial score (nSPS) is 12.8. The molecule has 0 saturated carbocycles. The molecule has 2 heteroatoms. The van der Waals surface area contributed by atoms with Gasteiger partial charge in [0.05, 0.1) is 6.67 Å². The highest BCUT2D eigenvalue weighted by Gasteiger charge is 1.86. The average Bonchev–Trinajstić information content (AvgIpc) is 1.97. The molecule has 0 aliphatic carbocycles. The van der Waals surface area contributed by atoms with Gasteiger partial charge in [0.15, 0.2) is 0 Å². The second-order valence-electron chi connectivity index (χ2n) is 2.19. The second kappa shape index (κ2) is 6.33. The van der Waals surface area contributed by atoms with Crippen molar-refractivity contribution in [2.24, 2.45) is 5.73 Å². The van der Waals surface area contributed by atoms with Crippen LogP contribution >= 0.6 is 0 Å². The van der Waals surface area contributed by atoms with Crippen molar-refractivity contribution < 1.29 is 4.39 Å². The molecule has 0 rings (SSSR count). The van der Waals surface area contributed by atoms with Gasteiger partial charge in [0.1, 0.15) is 0 Å². The Morgan fingerprint density at radius 2 is 2.30 bits per heavy atom. The zero-order valence-electron chi connectivity index (χ0n) is 6.31. The van der Waals surface area contributed by atoms with Gasteiger partial charge in [-0.1, -0.05) is 11.6 Å². The Labute approximate surface area is 61.4 Å². The van der Waals surface area contributed by atoms with E-state index in [1.54, 1.807) is 6.08 Å². The van der Waals surface area contributed by atoms with E-state index in [0.717, 1.165) is 6.42 Å². The van der Waals surface area contributed by atoms with Crippen LogP contribution in [0, 0.1) is 0 Å². The van der Waals surface area contributed by atoms with Crippen LogP contribution in [0.5, 0.6) is 0 Å². The molecular formula is C8H14FN. The van der Waals surface area contributed by atoms with E-state index in [-0.39, 0.29) is 6.67 Å². The molecule has 0 aromatic rings. The lowest BCUT2D eigenvalue weighted by atomic mass is 10.1. The van der Waals surface area contributed by atoms with Crippen molar-refractivity contribution in [1.29, 1.82) is 0 Å². The first kappa shape index (κ1) is 9.21. The van der Waals surface area contributed by atoms with Crippen molar-refractivity contribution >= 4 is 0 Å². The molecule has 0 atom stereocenters. The van der Waals surface area contributed by atoms with E-state index < -0.39 is 0 Å². The minimum Gasteiger partial charge on any atom is -0.405 e. The Morgan fingerprint density at radius 1 is 1.60 bits per heavy atom. The minimum absolute atomic E-state index is 0.239. The maximum atomic E-state index is 11.6. The first-order chi connectivity index (χ1) is 4.81. The highest BCUT2D eigenvalue weighted by molar-refractivity contribution is 5.09. The lowest BCUT2D eigenvalue weighted by molar-refractivity contribution is 0.472. The fraction of sp³-hybridized carbons (Fsp3) is 0.500. The van der Waals surface area contributed by atoms with Gasteiger partial charge in [-0.2, -0.15) is 0 Å². The van der Waals surface area contributed by atoms with Gasteiger partial charge >= 0.3 is 0 Å². The second-order valence-corrected chi connectivity index (χ2v) is 2.19. The van der Waals surface area contributed by atoms with E-state index in [1.165, 1.54) is 11.8 Å². The molecule has 1 nitrogen and oxygen atoms in total. The van der Waals surface area contributed by atoms with E-state index in [9.17, 15) is 4.39 Å². The van der Waals surface area contributed by atoms with Crippen LogP contribution in [0.25, 0.3) is 0 Å². The standard InChI is InChI=1S/C8H14FN/c1-8(4-2-6-9)5-3-7-10/h3,5,7H,2,4,6,10H2,1H3/b7-3-,8-5-. The molecule has 0 fully saturated rings. The smallest absolute Gasteiger partial charge is 0.0897 e. The van der Waals surface area contributed by atoms with Crippen molar-refractivity contribution in [3.63, 3.8) is 0 Å². The SMILES string of the molecule is C/C(=C/C=C\N)CCCF. The molecule has 0 bridgehead atoms. The number of nitrogens with two attached hydrogens (primary N) is 1. The van der Waals surface area contributed by atoms with Gasteiger partial charge in [0.2, 0.25) is 0 Å². The van der Waals surface area contributed by atoms with Crippen LogP contribution in [0.4, 0.5) is 4.39 Å². The van der Waals surface area contributed by atoms with Crippen molar-refractivity contribution in [3.8, 4) is 0 Å². The van der Waals surface area contributed by atoms with Crippen molar-refractivity contribution in [2.75, 3.05) is 6.67 Å². The van der Waals surface area contributed by atoms with E-state index in [1.807, 2.05) is 13.0 Å². The maximum Gasteiger partial charge on any atom is 0.0897 e. The van der Waals surface area contributed by atoms with Crippen molar-refractivity contribution in [3.05, 3.63) is 23.9 Å². The van der Waals surface area contributed by atoms with Crippen LogP contribution in [-0.4, -0.2) is 6.67 Å². The number of rotatable bonds is 4. The summed E-state index contributed by atoms with van der Waals surface area (Å²) in [6.07, 6.45) is 6.56. The molecule has 0 aliphatic rings. The molecule has 0 heterocycles. The fourth-order valence-corrected chi connectivity index (χ4v) is 0.649. The third-order valence-electron chi connectivity index (χ3n) is 1.20. The molecule has 58 valence electrons. The first-order valence-corrected chi connectivity index (χ1v) is 3.41. The van der Waals surface area contributed by atoms with Gasteiger partial charge in [0, 0.05) is 0 Å². The monoisotopic (exact) mass is 143 g/mol. The predicted molar refractivity (Wildman–Crippen MR) is 42.3 cm³/mol. The number of allylic oxidation sites excluding steroid dienone is 3. The lowest BCUT2D eigenvalue weighted by Crippen LogP contribution is -1.80. The van der Waals surface area contributed by atoms with Crippen LogP contribution < -0.4 is 5.73 Å². The summed E-state index contributed by atoms with van der Waals surface area (Å²) in [5.74, 6) is 0. The molecule has 0 unspecified atom stereocenters. The average molecular weight is 143 g/mol. The van der Waals surface area contributed by atoms with Gasteiger partial charge in [0.25, 0.3) is 0 Å². The number of alkyl halides is 1. The van der Waals surface area contributed by atoms with Crippen LogP contribution in [0.3, 0.4) is 0 Å². The fourth-order valence-electron chi connectivity index (χ4n) is 0.649. The molecule has 0 aromatic heterocycles. The van der Waals surface area contributed by atoms with Gasteiger partial charge in [-0.3, -0.25) is 4.39 Å². The van der Waals surface area contributed by atoms with Crippen LogP contribution in [0.1, 0.15) is 19.8 Å². The van der Waals surface area contributed by atoms with Gasteiger partial charge in [-0.15, -0.1) is 0 Å². The number of hydrogen-bond acceptors (Lipinski definition) is 1. The van der Waals surface area contributed by atoms with E-state index in [2.05, 4.69) is 0 Å². The summed E-state index contributed by atoms with van der Waals surface area (Å²) in [6, 6.07) is 0. The topological polar surface area (TPSA) is 26.0 Å². The van der Waals surface area contributed by atoms with E-state index in [4.69, 9.17) is 5.73 Å². The summed E-state index contributed by atoms with van der Waals surface area (Å²) >= 11 is 0. The summed E-state index contributed by atoms with van der Waals surface area (Å²) in [5, 5.41) is 0. The molecular weight excluding hydrogens is 129 g/mol. The quantitative estimate of drug-likeness (QED) is 0.599. The lowest BCUT2D eigenvalue weighted by Gasteiger charge is -1.94. The third-order valence-corrected chi connectivity index (χ3v) is 1.20. The summed E-state index contributed by atoms with van der Waals surface area (Å²) in [7, 11) is 0. The number of halogens is 1. The van der Waals surface area contributed by atoms with Gasteiger partial charge in [-0.25, -0.2) is 0 Å². The van der Waals surface area contributed by atoms with Crippen LogP contribution in [-0.2, 0) is 0 Å². The summed E-state index contributed by atoms with van der Waals surface area (Å²) in [6.45, 7) is 1.73. The predicted octanol–water partition coefficient (Wildman–Crippen LogP) is 2.15. The zero-order chi connectivity index (χ0) is 7.82. The van der Waals surface area contributed by atoms with Gasteiger partial charge in [-0.05, 0) is 32.0 Å². The van der Waals surface area contributed by atoms with Crippen LogP contribution in [0.15, 0.2) is 23.9 Å². The largest absolute Gasteiger partial charge is 0.405 e. The zero-order valence-corrected chi connectivity index (χ0v) is 6.31. The van der Waals surface area contributed by atoms with E-state index >= 15 is 0 Å². The number of hydrogen-bond donors (Lipinski definition) is 1. The Hall–Kier alpha value is -0.790. The third kappa shape index (κ3) is 5.35. The Bertz CT molecular complexity index is 127. The minimum atomic E-state index is -0.239. The van der Waals surface area contributed by atoms with Gasteiger partial charge < -0.3 is 5.73 Å². The summed E-state index contributed by atoms with van der Waals surface area (Å²) in [4.78, 5) is 0. The van der Waals surface area contributed by atoms with Crippen LogP contribution in [0.2, 0.25) is 0 Å². The van der Waals surface area contributed by atoms with Crippen molar-refractivity contribution in [2.45, 2.75) is 19.8 Å². The molecule has 0 aliphatic heterocycles. The highest BCUT2D eigenvalue weighted by Crippen LogP contribution is 2.03.